The molecule has 0 saturated carbocycles. The third-order valence-electron chi connectivity index (χ3n) is 3.63. The van der Waals surface area contributed by atoms with Gasteiger partial charge in [-0.15, -0.1) is 0 Å². The number of hydrogen-bond acceptors (Lipinski definition) is 4. The predicted molar refractivity (Wildman–Crippen MR) is 98.2 cm³/mol. The Bertz CT molecular complexity index is 796. The molecule has 24 heavy (non-hydrogen) atoms. The Balaban J connectivity index is 2.21. The van der Waals surface area contributed by atoms with Gasteiger partial charge in [0.25, 0.3) is 0 Å². The molecule has 0 saturated heterocycles. The molecule has 1 heterocycles. The summed E-state index contributed by atoms with van der Waals surface area (Å²) in [5.41, 5.74) is 4.17. The zero-order valence-electron chi connectivity index (χ0n) is 14.4. The number of pyridine rings is 1. The van der Waals surface area contributed by atoms with Gasteiger partial charge in [0, 0.05) is 11.4 Å². The Kier molecular flexibility index (Phi) is 5.99. The molecule has 0 aliphatic rings. The van der Waals surface area contributed by atoms with Gasteiger partial charge in [0.1, 0.15) is 11.1 Å². The van der Waals surface area contributed by atoms with Crippen LogP contribution in [0.25, 0.3) is 0 Å². The van der Waals surface area contributed by atoms with Gasteiger partial charge < -0.3 is 5.32 Å². The normalized spacial score (nSPS) is 11.6. The van der Waals surface area contributed by atoms with Crippen molar-refractivity contribution in [1.82, 2.24) is 4.98 Å². The second-order valence-electron chi connectivity index (χ2n) is 5.75. The summed E-state index contributed by atoms with van der Waals surface area (Å²) in [5.74, 6) is -0.0713. The number of nitrogens with zero attached hydrogens (tertiary/aromatic N) is 2. The summed E-state index contributed by atoms with van der Waals surface area (Å²) in [7, 11) is 0. The molecule has 1 aromatic heterocycles. The Hall–Kier alpha value is -2.32. The molecular formula is C19H21N3OS. The molecule has 1 atom stereocenters. The van der Waals surface area contributed by atoms with E-state index in [0.717, 1.165) is 22.5 Å². The lowest BCUT2D eigenvalue weighted by Gasteiger charge is -2.16. The highest BCUT2D eigenvalue weighted by molar-refractivity contribution is 8.00. The molecule has 124 valence electrons. The van der Waals surface area contributed by atoms with E-state index in [0.29, 0.717) is 17.0 Å². The summed E-state index contributed by atoms with van der Waals surface area (Å²) >= 11 is 1.35. The fourth-order valence-corrected chi connectivity index (χ4v) is 3.55. The number of nitriles is 1. The van der Waals surface area contributed by atoms with E-state index in [-0.39, 0.29) is 11.2 Å². The second-order valence-corrected chi connectivity index (χ2v) is 6.94. The number of thioether (sulfide) groups is 1. The maximum absolute atomic E-state index is 12.6. The van der Waals surface area contributed by atoms with Crippen LogP contribution in [-0.2, 0) is 4.79 Å². The van der Waals surface area contributed by atoms with Gasteiger partial charge in [-0.1, -0.05) is 30.8 Å². The minimum absolute atomic E-state index is 0.0713. The van der Waals surface area contributed by atoms with Crippen molar-refractivity contribution < 1.29 is 4.79 Å². The Morgan fingerprint density at radius 1 is 1.33 bits per heavy atom. The van der Waals surface area contributed by atoms with Crippen LogP contribution in [-0.4, -0.2) is 16.1 Å². The average molecular weight is 339 g/mol. The van der Waals surface area contributed by atoms with Crippen LogP contribution < -0.4 is 5.32 Å². The number of amides is 1. The minimum Gasteiger partial charge on any atom is -0.325 e. The molecule has 4 nitrogen and oxygen atoms in total. The van der Waals surface area contributed by atoms with E-state index in [1.807, 2.05) is 58.0 Å². The number of aromatic nitrogens is 1. The van der Waals surface area contributed by atoms with Crippen LogP contribution >= 0.6 is 11.8 Å². The van der Waals surface area contributed by atoms with Crippen LogP contribution in [0, 0.1) is 32.1 Å². The van der Waals surface area contributed by atoms with E-state index >= 15 is 0 Å². The van der Waals surface area contributed by atoms with Crippen molar-refractivity contribution in [3.63, 3.8) is 0 Å². The van der Waals surface area contributed by atoms with Crippen molar-refractivity contribution in [2.45, 2.75) is 44.4 Å². The van der Waals surface area contributed by atoms with Gasteiger partial charge in [-0.25, -0.2) is 4.98 Å². The van der Waals surface area contributed by atoms with Crippen LogP contribution in [0.1, 0.15) is 35.7 Å². The van der Waals surface area contributed by atoms with Crippen molar-refractivity contribution in [2.75, 3.05) is 5.32 Å². The van der Waals surface area contributed by atoms with Gasteiger partial charge in [0.2, 0.25) is 5.91 Å². The van der Waals surface area contributed by atoms with Gasteiger partial charge in [-0.05, 0) is 56.5 Å². The van der Waals surface area contributed by atoms with E-state index in [4.69, 9.17) is 0 Å². The Labute approximate surface area is 147 Å². The van der Waals surface area contributed by atoms with Gasteiger partial charge in [0.05, 0.1) is 10.8 Å². The SMILES string of the molecule is CCC(Sc1nc(C)cc(C)c1C#N)C(=O)Nc1cccc(C)c1. The highest BCUT2D eigenvalue weighted by Crippen LogP contribution is 2.29. The molecule has 1 N–H and O–H groups in total. The summed E-state index contributed by atoms with van der Waals surface area (Å²) in [4.78, 5) is 17.0. The molecular weight excluding hydrogens is 318 g/mol. The quantitative estimate of drug-likeness (QED) is 0.821. The predicted octanol–water partition coefficient (Wildman–Crippen LogP) is 4.39. The van der Waals surface area contributed by atoms with Crippen LogP contribution in [0.15, 0.2) is 35.4 Å². The molecule has 2 aromatic rings. The summed E-state index contributed by atoms with van der Waals surface area (Å²) in [5, 5.41) is 12.7. The third-order valence-corrected chi connectivity index (χ3v) is 4.98. The fourth-order valence-electron chi connectivity index (χ4n) is 2.43. The molecule has 0 bridgehead atoms. The second kappa shape index (κ2) is 7.98. The number of aryl methyl sites for hydroxylation is 3. The molecule has 0 aliphatic heterocycles. The number of hydrogen-bond donors (Lipinski definition) is 1. The summed E-state index contributed by atoms with van der Waals surface area (Å²) in [6, 6.07) is 11.8. The molecule has 2 rings (SSSR count). The van der Waals surface area contributed by atoms with Gasteiger partial charge >= 0.3 is 0 Å². The molecule has 1 unspecified atom stereocenters. The highest BCUT2D eigenvalue weighted by atomic mass is 32.2. The van der Waals surface area contributed by atoms with E-state index in [1.165, 1.54) is 11.8 Å². The lowest BCUT2D eigenvalue weighted by atomic mass is 10.1. The maximum Gasteiger partial charge on any atom is 0.237 e. The Morgan fingerprint density at radius 2 is 2.08 bits per heavy atom. The molecule has 1 amide bonds. The smallest absolute Gasteiger partial charge is 0.237 e. The first kappa shape index (κ1) is 18.0. The van der Waals surface area contributed by atoms with E-state index in [1.54, 1.807) is 0 Å². The lowest BCUT2D eigenvalue weighted by Crippen LogP contribution is -2.25. The average Bonchev–Trinajstić information content (AvgIpc) is 2.52. The number of nitrogens with one attached hydrogen (secondary N) is 1. The fraction of sp³-hybridized carbons (Fsp3) is 0.316. The lowest BCUT2D eigenvalue weighted by molar-refractivity contribution is -0.115. The molecule has 0 fully saturated rings. The number of benzene rings is 1. The van der Waals surface area contributed by atoms with Crippen molar-refractivity contribution >= 4 is 23.4 Å². The standard InChI is InChI=1S/C19H21N3OS/c1-5-17(18(23)22-15-8-6-7-12(2)9-15)24-19-16(11-20)13(3)10-14(4)21-19/h6-10,17H,5H2,1-4H3,(H,22,23). The number of rotatable bonds is 5. The molecule has 1 aromatic carbocycles. The minimum atomic E-state index is -0.300. The Morgan fingerprint density at radius 3 is 2.71 bits per heavy atom. The number of carbonyl (C=O) groups is 1. The maximum atomic E-state index is 12.6. The van der Waals surface area contributed by atoms with Crippen LogP contribution in [0.4, 0.5) is 5.69 Å². The summed E-state index contributed by atoms with van der Waals surface area (Å²) < 4.78 is 0. The van der Waals surface area contributed by atoms with Gasteiger partial charge in [0.15, 0.2) is 0 Å². The zero-order chi connectivity index (χ0) is 17.7. The third kappa shape index (κ3) is 4.36. The van der Waals surface area contributed by atoms with Crippen molar-refractivity contribution in [3.05, 3.63) is 52.7 Å². The van der Waals surface area contributed by atoms with Crippen LogP contribution in [0.5, 0.6) is 0 Å². The van der Waals surface area contributed by atoms with Crippen LogP contribution in [0.2, 0.25) is 0 Å². The van der Waals surface area contributed by atoms with E-state index < -0.39 is 0 Å². The summed E-state index contributed by atoms with van der Waals surface area (Å²) in [6.45, 7) is 7.74. The topological polar surface area (TPSA) is 65.8 Å². The van der Waals surface area contributed by atoms with Crippen molar-refractivity contribution in [2.24, 2.45) is 0 Å². The van der Waals surface area contributed by atoms with E-state index in [9.17, 15) is 10.1 Å². The van der Waals surface area contributed by atoms with Crippen LogP contribution in [0.3, 0.4) is 0 Å². The molecule has 0 aliphatic carbocycles. The molecule has 0 spiro atoms. The first-order chi connectivity index (χ1) is 11.4. The zero-order valence-corrected chi connectivity index (χ0v) is 15.2. The summed E-state index contributed by atoms with van der Waals surface area (Å²) in [6.07, 6.45) is 0.655. The van der Waals surface area contributed by atoms with Crippen molar-refractivity contribution in [1.29, 1.82) is 5.26 Å². The first-order valence-corrected chi connectivity index (χ1v) is 8.75. The van der Waals surface area contributed by atoms with Gasteiger partial charge in [-0.3, -0.25) is 4.79 Å². The largest absolute Gasteiger partial charge is 0.325 e. The number of carbonyl (C=O) groups excluding carboxylic acids is 1. The van der Waals surface area contributed by atoms with Gasteiger partial charge in [-0.2, -0.15) is 5.26 Å². The van der Waals surface area contributed by atoms with E-state index in [2.05, 4.69) is 16.4 Å². The first-order valence-electron chi connectivity index (χ1n) is 7.87. The molecule has 0 radical (unpaired) electrons. The van der Waals surface area contributed by atoms with Crippen molar-refractivity contribution in [3.8, 4) is 6.07 Å². The molecule has 5 heteroatoms. The highest BCUT2D eigenvalue weighted by Gasteiger charge is 2.21. The monoisotopic (exact) mass is 339 g/mol. The number of anilines is 1.